The Labute approximate surface area is 215 Å². The number of nitrogens with zero attached hydrogens (tertiary/aromatic N) is 2. The number of nitrogens with two attached hydrogens (primary N) is 1. The normalized spacial score (nSPS) is 10.0. The molecular formula is C28H29N3O6. The van der Waals surface area contributed by atoms with E-state index in [0.717, 1.165) is 30.0 Å². The largest absolute Gasteiger partial charge is 0.508 e. The van der Waals surface area contributed by atoms with Crippen LogP contribution in [0.15, 0.2) is 95.4 Å². The molecule has 0 aromatic heterocycles. The summed E-state index contributed by atoms with van der Waals surface area (Å²) in [5.74, 6) is 0.00629. The van der Waals surface area contributed by atoms with E-state index in [9.17, 15) is 14.4 Å². The molecule has 0 aliphatic heterocycles. The Hall–Kier alpha value is -4.65. The molecule has 3 aromatic rings. The zero-order valence-corrected chi connectivity index (χ0v) is 20.4. The second kappa shape index (κ2) is 17.7. The van der Waals surface area contributed by atoms with E-state index < -0.39 is 5.97 Å². The van der Waals surface area contributed by atoms with E-state index in [-0.39, 0.29) is 18.4 Å². The fraction of sp³-hybridized carbons (Fsp3) is 0.179. The van der Waals surface area contributed by atoms with Crippen molar-refractivity contribution in [1.29, 1.82) is 0 Å². The number of esters is 1. The fourth-order valence-electron chi connectivity index (χ4n) is 2.52. The number of hydrogen-bond donors (Lipinski definition) is 3. The molecule has 0 bridgehead atoms. The maximum Gasteiger partial charge on any atom is 0.335 e. The van der Waals surface area contributed by atoms with Crippen molar-refractivity contribution in [3.05, 3.63) is 96.6 Å². The van der Waals surface area contributed by atoms with Crippen molar-refractivity contribution in [2.24, 2.45) is 15.7 Å². The van der Waals surface area contributed by atoms with Gasteiger partial charge < -0.3 is 20.7 Å². The van der Waals surface area contributed by atoms with Crippen LogP contribution in [0.25, 0.3) is 0 Å². The maximum atomic E-state index is 10.7. The lowest BCUT2D eigenvalue weighted by Crippen LogP contribution is -2.22. The summed E-state index contributed by atoms with van der Waals surface area (Å²) in [6.45, 7) is 5.30. The maximum absolute atomic E-state index is 10.7. The monoisotopic (exact) mass is 503 g/mol. The summed E-state index contributed by atoms with van der Waals surface area (Å²) in [6.07, 6.45) is 5.70. The molecule has 37 heavy (non-hydrogen) atoms. The van der Waals surface area contributed by atoms with Gasteiger partial charge in [-0.1, -0.05) is 37.8 Å². The van der Waals surface area contributed by atoms with Gasteiger partial charge in [0.2, 0.25) is 12.2 Å². The van der Waals surface area contributed by atoms with Crippen LogP contribution in [0.4, 0.5) is 11.4 Å². The van der Waals surface area contributed by atoms with Gasteiger partial charge in [-0.2, -0.15) is 9.98 Å². The van der Waals surface area contributed by atoms with Crippen LogP contribution in [-0.4, -0.2) is 41.0 Å². The van der Waals surface area contributed by atoms with E-state index >= 15 is 0 Å². The molecule has 0 heterocycles. The minimum absolute atomic E-state index is 0.00926. The smallest absolute Gasteiger partial charge is 0.335 e. The molecule has 1 unspecified atom stereocenters. The van der Waals surface area contributed by atoms with Gasteiger partial charge in [-0.05, 0) is 72.5 Å². The van der Waals surface area contributed by atoms with Gasteiger partial charge in [-0.3, -0.25) is 0 Å². The Morgan fingerprint density at radius 1 is 0.946 bits per heavy atom. The molecule has 1 atom stereocenters. The highest BCUT2D eigenvalue weighted by Crippen LogP contribution is 2.18. The molecule has 0 radical (unpaired) electrons. The van der Waals surface area contributed by atoms with Crippen molar-refractivity contribution in [2.45, 2.75) is 25.8 Å². The Morgan fingerprint density at radius 3 is 1.73 bits per heavy atom. The van der Waals surface area contributed by atoms with Crippen molar-refractivity contribution >= 4 is 29.5 Å². The summed E-state index contributed by atoms with van der Waals surface area (Å²) in [7, 11) is 0. The molecule has 0 aliphatic carbocycles. The van der Waals surface area contributed by atoms with Gasteiger partial charge in [0.05, 0.1) is 18.0 Å². The van der Waals surface area contributed by atoms with Crippen LogP contribution < -0.4 is 10.5 Å². The quantitative estimate of drug-likeness (QED) is 0.135. The molecule has 0 spiro atoms. The van der Waals surface area contributed by atoms with Crippen LogP contribution in [0.2, 0.25) is 0 Å². The van der Waals surface area contributed by atoms with E-state index in [0.29, 0.717) is 17.1 Å². The molecule has 0 saturated heterocycles. The highest BCUT2D eigenvalue weighted by molar-refractivity contribution is 5.83. The summed E-state index contributed by atoms with van der Waals surface area (Å²) in [4.78, 5) is 37.9. The van der Waals surface area contributed by atoms with Crippen molar-refractivity contribution in [3.8, 4) is 11.5 Å². The van der Waals surface area contributed by atoms with Gasteiger partial charge in [-0.25, -0.2) is 14.4 Å². The van der Waals surface area contributed by atoms with Crippen LogP contribution in [-0.2, 0) is 20.8 Å². The average molecular weight is 504 g/mol. The first-order valence-electron chi connectivity index (χ1n) is 11.2. The number of benzene rings is 3. The van der Waals surface area contributed by atoms with Crippen molar-refractivity contribution < 1.29 is 29.3 Å². The molecule has 0 fully saturated rings. The lowest BCUT2D eigenvalue weighted by Gasteiger charge is -2.02. The fourth-order valence-corrected chi connectivity index (χ4v) is 2.52. The van der Waals surface area contributed by atoms with Gasteiger partial charge in [0.25, 0.3) is 0 Å². The van der Waals surface area contributed by atoms with Gasteiger partial charge in [-0.15, -0.1) is 0 Å². The summed E-state index contributed by atoms with van der Waals surface area (Å²) in [5, 5.41) is 17.1. The number of carbonyl (C=O) groups is 1. The first-order chi connectivity index (χ1) is 17.8. The molecule has 0 aliphatic rings. The first-order valence-corrected chi connectivity index (χ1v) is 11.2. The summed E-state index contributed by atoms with van der Waals surface area (Å²) in [6, 6.07) is 20.6. The van der Waals surface area contributed by atoms with Gasteiger partial charge in [0, 0.05) is 12.1 Å². The second-order valence-corrected chi connectivity index (χ2v) is 7.39. The number of hydrogen-bond acceptors (Lipinski definition) is 9. The number of carbonyl (C=O) groups excluding carboxylic acids is 3. The van der Waals surface area contributed by atoms with Gasteiger partial charge in [0.1, 0.15) is 11.5 Å². The summed E-state index contributed by atoms with van der Waals surface area (Å²) < 4.78 is 4.75. The standard InChI is InChI=1S/C15H10N2O2.C9H8O3.C4H11NO/c18-10-16-14-5-1-12(2-6-14)9-13-3-7-15(8-4-13)17-11-19;1-2-9(11)12-8-5-3-7(10)4-6-8;1-2-4(5)3-6/h1-8H,9H2;2-6,10H,1H2;4,6H,2-3,5H2,1H3. The highest BCUT2D eigenvalue weighted by atomic mass is 16.5. The molecule has 9 nitrogen and oxygen atoms in total. The van der Waals surface area contributed by atoms with E-state index in [2.05, 4.69) is 16.6 Å². The van der Waals surface area contributed by atoms with Crippen molar-refractivity contribution in [3.63, 3.8) is 0 Å². The lowest BCUT2D eigenvalue weighted by molar-refractivity contribution is -0.128. The third-order valence-electron chi connectivity index (χ3n) is 4.61. The number of aliphatic imine (C=N–C) groups is 2. The predicted octanol–water partition coefficient (Wildman–Crippen LogP) is 4.41. The Morgan fingerprint density at radius 2 is 1.41 bits per heavy atom. The predicted molar refractivity (Wildman–Crippen MR) is 141 cm³/mol. The van der Waals surface area contributed by atoms with Crippen LogP contribution >= 0.6 is 0 Å². The molecule has 3 aromatic carbocycles. The van der Waals surface area contributed by atoms with Gasteiger partial charge in [0.15, 0.2) is 0 Å². The van der Waals surface area contributed by atoms with Crippen molar-refractivity contribution in [1.82, 2.24) is 0 Å². The minimum Gasteiger partial charge on any atom is -0.508 e. The zero-order valence-electron chi connectivity index (χ0n) is 20.4. The third kappa shape index (κ3) is 13.1. The summed E-state index contributed by atoms with van der Waals surface area (Å²) >= 11 is 0. The average Bonchev–Trinajstić information content (AvgIpc) is 2.92. The summed E-state index contributed by atoms with van der Waals surface area (Å²) in [5.41, 5.74) is 8.62. The van der Waals surface area contributed by atoms with Crippen LogP contribution in [0.5, 0.6) is 11.5 Å². The van der Waals surface area contributed by atoms with Crippen LogP contribution in [0, 0.1) is 0 Å². The van der Waals surface area contributed by atoms with E-state index in [1.54, 1.807) is 24.3 Å². The number of phenolic OH excluding ortho intramolecular Hbond substituents is 1. The molecule has 9 heteroatoms. The molecule has 0 amide bonds. The molecule has 3 rings (SSSR count). The van der Waals surface area contributed by atoms with Crippen LogP contribution in [0.3, 0.4) is 0 Å². The topological polar surface area (TPSA) is 152 Å². The number of aliphatic hydroxyl groups is 1. The zero-order chi connectivity index (χ0) is 27.5. The number of ether oxygens (including phenoxy) is 1. The second-order valence-electron chi connectivity index (χ2n) is 7.39. The van der Waals surface area contributed by atoms with E-state index in [1.807, 2.05) is 31.2 Å². The molecule has 4 N–H and O–H groups in total. The van der Waals surface area contributed by atoms with Crippen molar-refractivity contribution in [2.75, 3.05) is 6.61 Å². The SMILES string of the molecule is C=CC(=O)Oc1ccc(O)cc1.CCC(N)CO.O=C=Nc1ccc(Cc2ccc(N=C=O)cc2)cc1. The Kier molecular flexibility index (Phi) is 14.6. The van der Waals surface area contributed by atoms with E-state index in [4.69, 9.17) is 20.7 Å². The Balaban J connectivity index is 0.000000324. The number of aliphatic hydroxyl groups excluding tert-OH is 1. The number of phenols is 1. The van der Waals surface area contributed by atoms with Crippen LogP contribution in [0.1, 0.15) is 24.5 Å². The molecule has 0 saturated carbocycles. The number of aromatic hydroxyl groups is 1. The first kappa shape index (κ1) is 30.4. The molecular weight excluding hydrogens is 474 g/mol. The third-order valence-corrected chi connectivity index (χ3v) is 4.61. The van der Waals surface area contributed by atoms with Gasteiger partial charge >= 0.3 is 5.97 Å². The van der Waals surface area contributed by atoms with E-state index in [1.165, 1.54) is 36.4 Å². The minimum atomic E-state index is -0.513. The number of isocyanates is 2. The lowest BCUT2D eigenvalue weighted by atomic mass is 10.0. The highest BCUT2D eigenvalue weighted by Gasteiger charge is 1.99. The Bertz CT molecular complexity index is 1130. The molecule has 192 valence electrons. The number of rotatable bonds is 8.